The van der Waals surface area contributed by atoms with Gasteiger partial charge in [0, 0.05) is 5.56 Å². The Hall–Kier alpha value is -3.37. The molecule has 30 heavy (non-hydrogen) atoms. The fraction of sp³-hybridized carbons (Fsp3) is 0.120. The van der Waals surface area contributed by atoms with Gasteiger partial charge in [-0.25, -0.2) is 4.79 Å². The lowest BCUT2D eigenvalue weighted by atomic mass is 10.0. The molecule has 0 aliphatic carbocycles. The Bertz CT molecular complexity index is 1330. The zero-order valence-corrected chi connectivity index (χ0v) is 17.5. The Morgan fingerprint density at radius 1 is 0.933 bits per heavy atom. The maximum Gasteiger partial charge on any atom is 0.345 e. The summed E-state index contributed by atoms with van der Waals surface area (Å²) < 4.78 is 11.7. The van der Waals surface area contributed by atoms with Crippen molar-refractivity contribution in [2.75, 3.05) is 0 Å². The van der Waals surface area contributed by atoms with Crippen molar-refractivity contribution in [3.63, 3.8) is 0 Å². The van der Waals surface area contributed by atoms with Gasteiger partial charge in [-0.3, -0.25) is 4.79 Å². The highest BCUT2D eigenvalue weighted by atomic mass is 35.5. The van der Waals surface area contributed by atoms with Gasteiger partial charge in [0.05, 0.1) is 16.0 Å². The van der Waals surface area contributed by atoms with Crippen LogP contribution < -0.4 is 10.2 Å². The molecule has 0 unspecified atom stereocenters. The average Bonchev–Trinajstić information content (AvgIpc) is 2.70. The molecule has 4 rings (SSSR count). The number of carbonyl (C=O) groups is 1. The second kappa shape index (κ2) is 7.81. The van der Waals surface area contributed by atoms with Gasteiger partial charge in [-0.1, -0.05) is 59.6 Å². The van der Waals surface area contributed by atoms with E-state index in [0.29, 0.717) is 16.5 Å². The molecule has 1 aromatic heterocycles. The smallest absolute Gasteiger partial charge is 0.345 e. The fourth-order valence-electron chi connectivity index (χ4n) is 3.44. The largest absolute Gasteiger partial charge is 0.452 e. The molecule has 0 fully saturated rings. The van der Waals surface area contributed by atoms with Gasteiger partial charge in [0.2, 0.25) is 11.2 Å². The fourth-order valence-corrected chi connectivity index (χ4v) is 3.65. The number of halogens is 1. The third-order valence-electron chi connectivity index (χ3n) is 4.90. The highest BCUT2D eigenvalue weighted by molar-refractivity contribution is 6.33. The molecule has 0 spiro atoms. The van der Waals surface area contributed by atoms with Gasteiger partial charge in [-0.2, -0.15) is 0 Å². The summed E-state index contributed by atoms with van der Waals surface area (Å²) in [5.41, 5.74) is 3.65. The SMILES string of the molecule is Cc1ccc(-c2oc3cc(C)cc(C)c3c(=O)c2OC(=O)c2ccccc2Cl)cc1. The molecule has 0 aliphatic rings. The Balaban J connectivity index is 1.96. The molecule has 0 N–H and O–H groups in total. The number of carbonyl (C=O) groups excluding carboxylic acids is 1. The summed E-state index contributed by atoms with van der Waals surface area (Å²) in [6.07, 6.45) is 0. The molecule has 0 bridgehead atoms. The second-order valence-corrected chi connectivity index (χ2v) is 7.69. The van der Waals surface area contributed by atoms with E-state index in [0.717, 1.165) is 16.7 Å². The van der Waals surface area contributed by atoms with Crippen LogP contribution in [0.2, 0.25) is 5.02 Å². The van der Waals surface area contributed by atoms with Gasteiger partial charge in [0.15, 0.2) is 5.76 Å². The molecule has 150 valence electrons. The van der Waals surface area contributed by atoms with Crippen LogP contribution in [0.5, 0.6) is 5.75 Å². The van der Waals surface area contributed by atoms with Gasteiger partial charge in [0.25, 0.3) is 0 Å². The maximum atomic E-state index is 13.4. The number of aryl methyl sites for hydroxylation is 3. The van der Waals surface area contributed by atoms with Crippen LogP contribution in [-0.2, 0) is 0 Å². The van der Waals surface area contributed by atoms with Crippen LogP contribution in [0.1, 0.15) is 27.0 Å². The van der Waals surface area contributed by atoms with E-state index in [1.54, 1.807) is 30.3 Å². The summed E-state index contributed by atoms with van der Waals surface area (Å²) in [6, 6.07) is 17.7. The summed E-state index contributed by atoms with van der Waals surface area (Å²) in [5, 5.41) is 0.634. The Morgan fingerprint density at radius 3 is 2.33 bits per heavy atom. The van der Waals surface area contributed by atoms with Crippen molar-refractivity contribution in [1.29, 1.82) is 0 Å². The summed E-state index contributed by atoms with van der Waals surface area (Å²) >= 11 is 6.13. The predicted molar refractivity (Wildman–Crippen MR) is 119 cm³/mol. The van der Waals surface area contributed by atoms with Crippen molar-refractivity contribution in [2.24, 2.45) is 0 Å². The van der Waals surface area contributed by atoms with Crippen LogP contribution >= 0.6 is 11.6 Å². The Kier molecular flexibility index (Phi) is 5.18. The molecule has 0 atom stereocenters. The molecule has 4 nitrogen and oxygen atoms in total. The monoisotopic (exact) mass is 418 g/mol. The molecule has 3 aromatic carbocycles. The lowest BCUT2D eigenvalue weighted by Gasteiger charge is -2.13. The van der Waals surface area contributed by atoms with Gasteiger partial charge in [0.1, 0.15) is 5.58 Å². The molecule has 4 aromatic rings. The lowest BCUT2D eigenvalue weighted by Crippen LogP contribution is -2.17. The molecule has 0 aliphatic heterocycles. The molecular weight excluding hydrogens is 400 g/mol. The van der Waals surface area contributed by atoms with Crippen LogP contribution in [0.15, 0.2) is 69.9 Å². The Labute approximate surface area is 178 Å². The van der Waals surface area contributed by atoms with Crippen molar-refractivity contribution in [2.45, 2.75) is 20.8 Å². The molecule has 5 heteroatoms. The van der Waals surface area contributed by atoms with Gasteiger partial charge in [-0.05, 0) is 50.1 Å². The van der Waals surface area contributed by atoms with Crippen LogP contribution in [0.3, 0.4) is 0 Å². The van der Waals surface area contributed by atoms with Crippen molar-refractivity contribution < 1.29 is 13.9 Å². The van der Waals surface area contributed by atoms with Gasteiger partial charge in [-0.15, -0.1) is 0 Å². The van der Waals surface area contributed by atoms with E-state index in [9.17, 15) is 9.59 Å². The molecule has 0 radical (unpaired) electrons. The third-order valence-corrected chi connectivity index (χ3v) is 5.23. The lowest BCUT2D eigenvalue weighted by molar-refractivity contribution is 0.0731. The van der Waals surface area contributed by atoms with Crippen LogP contribution in [-0.4, -0.2) is 5.97 Å². The normalized spacial score (nSPS) is 10.9. The molecule has 0 saturated heterocycles. The van der Waals surface area contributed by atoms with Crippen molar-refractivity contribution in [3.8, 4) is 17.1 Å². The van der Waals surface area contributed by atoms with E-state index in [4.69, 9.17) is 20.8 Å². The first-order valence-corrected chi connectivity index (χ1v) is 9.85. The standard InChI is InChI=1S/C25H19ClO4/c1-14-8-10-17(11-9-14)23-24(30-25(28)18-6-4-5-7-19(18)26)22(27)21-16(3)12-15(2)13-20(21)29-23/h4-13H,1-3H3. The second-order valence-electron chi connectivity index (χ2n) is 7.28. The van der Waals surface area contributed by atoms with Gasteiger partial charge >= 0.3 is 5.97 Å². The van der Waals surface area contributed by atoms with E-state index < -0.39 is 11.4 Å². The van der Waals surface area contributed by atoms with Crippen LogP contribution in [0.25, 0.3) is 22.3 Å². The summed E-state index contributed by atoms with van der Waals surface area (Å²) in [5.74, 6) is -0.661. The molecular formula is C25H19ClO4. The first kappa shape index (κ1) is 19.9. The van der Waals surface area contributed by atoms with E-state index >= 15 is 0 Å². The minimum Gasteiger partial charge on any atom is -0.452 e. The highest BCUT2D eigenvalue weighted by Gasteiger charge is 2.23. The van der Waals surface area contributed by atoms with E-state index in [-0.39, 0.29) is 22.1 Å². The van der Waals surface area contributed by atoms with E-state index in [2.05, 4.69) is 0 Å². The third kappa shape index (κ3) is 3.62. The van der Waals surface area contributed by atoms with E-state index in [1.807, 2.05) is 51.1 Å². The summed E-state index contributed by atoms with van der Waals surface area (Å²) in [7, 11) is 0. The summed E-state index contributed by atoms with van der Waals surface area (Å²) in [4.78, 5) is 26.2. The molecule has 0 saturated carbocycles. The number of fused-ring (bicyclic) bond motifs is 1. The van der Waals surface area contributed by atoms with Crippen LogP contribution in [0, 0.1) is 20.8 Å². The van der Waals surface area contributed by atoms with Crippen molar-refractivity contribution in [1.82, 2.24) is 0 Å². The first-order chi connectivity index (χ1) is 14.3. The highest BCUT2D eigenvalue weighted by Crippen LogP contribution is 2.33. The first-order valence-electron chi connectivity index (χ1n) is 9.47. The van der Waals surface area contributed by atoms with Crippen molar-refractivity contribution >= 4 is 28.5 Å². The van der Waals surface area contributed by atoms with E-state index in [1.165, 1.54) is 0 Å². The molecule has 1 heterocycles. The predicted octanol–water partition coefficient (Wildman–Crippen LogP) is 6.26. The quantitative estimate of drug-likeness (QED) is 0.368. The zero-order valence-electron chi connectivity index (χ0n) is 16.8. The number of benzene rings is 3. The number of hydrogen-bond acceptors (Lipinski definition) is 4. The maximum absolute atomic E-state index is 13.4. The van der Waals surface area contributed by atoms with Gasteiger partial charge < -0.3 is 9.15 Å². The zero-order chi connectivity index (χ0) is 21.4. The molecule has 0 amide bonds. The summed E-state index contributed by atoms with van der Waals surface area (Å²) in [6.45, 7) is 5.73. The topological polar surface area (TPSA) is 56.5 Å². The number of hydrogen-bond donors (Lipinski definition) is 0. The number of ether oxygens (including phenoxy) is 1. The Morgan fingerprint density at radius 2 is 1.63 bits per heavy atom. The average molecular weight is 419 g/mol. The number of rotatable bonds is 3. The number of esters is 1. The van der Waals surface area contributed by atoms with Crippen molar-refractivity contribution in [3.05, 3.63) is 98.2 Å². The van der Waals surface area contributed by atoms with Crippen LogP contribution in [0.4, 0.5) is 0 Å². The minimum atomic E-state index is -0.717. The minimum absolute atomic E-state index is 0.150.